The number of rotatable bonds is 7. The van der Waals surface area contributed by atoms with Gasteiger partial charge in [-0.25, -0.2) is 9.78 Å². The van der Waals surface area contributed by atoms with Crippen LogP contribution >= 0.6 is 11.3 Å². The quantitative estimate of drug-likeness (QED) is 0.433. The van der Waals surface area contributed by atoms with Crippen LogP contribution < -0.4 is 10.6 Å². The monoisotopic (exact) mass is 489 g/mol. The summed E-state index contributed by atoms with van der Waals surface area (Å²) in [5.74, 6) is -1.90. The van der Waals surface area contributed by atoms with Crippen molar-refractivity contribution in [2.24, 2.45) is 5.92 Å². The second-order valence-electron chi connectivity index (χ2n) is 8.45. The van der Waals surface area contributed by atoms with Gasteiger partial charge in [-0.15, -0.1) is 11.3 Å². The highest BCUT2D eigenvalue weighted by Gasteiger charge is 2.29. The number of thiazole rings is 1. The first kappa shape index (κ1) is 22.8. The minimum Gasteiger partial charge on any atom is -0.481 e. The van der Waals surface area contributed by atoms with E-state index in [-0.39, 0.29) is 36.7 Å². The first-order valence-corrected chi connectivity index (χ1v) is 12.1. The van der Waals surface area contributed by atoms with Gasteiger partial charge in [0.25, 0.3) is 5.91 Å². The number of carboxylic acid groups (broad SMARTS) is 1. The van der Waals surface area contributed by atoms with Crippen molar-refractivity contribution in [1.82, 2.24) is 15.6 Å². The van der Waals surface area contributed by atoms with Crippen LogP contribution in [0, 0.1) is 5.92 Å². The zero-order chi connectivity index (χ0) is 24.4. The molecule has 2 atom stereocenters. The Balaban J connectivity index is 1.12. The van der Waals surface area contributed by atoms with Gasteiger partial charge < -0.3 is 20.5 Å². The van der Waals surface area contributed by atoms with Gasteiger partial charge in [0.1, 0.15) is 17.3 Å². The van der Waals surface area contributed by atoms with Gasteiger partial charge in [0.2, 0.25) is 0 Å². The van der Waals surface area contributed by atoms with Crippen LogP contribution in [-0.4, -0.2) is 40.7 Å². The zero-order valence-corrected chi connectivity index (χ0v) is 19.5. The lowest BCUT2D eigenvalue weighted by Gasteiger charge is -2.14. The lowest BCUT2D eigenvalue weighted by Crippen LogP contribution is -2.33. The lowest BCUT2D eigenvalue weighted by molar-refractivity contribution is -0.140. The Kier molecular flexibility index (Phi) is 6.33. The lowest BCUT2D eigenvalue weighted by atomic mass is 9.98. The number of amides is 2. The minimum atomic E-state index is -0.909. The predicted octanol–water partition coefficient (Wildman–Crippen LogP) is 3.94. The summed E-state index contributed by atoms with van der Waals surface area (Å²) in [4.78, 5) is 40.1. The highest BCUT2D eigenvalue weighted by atomic mass is 32.1. The van der Waals surface area contributed by atoms with Gasteiger partial charge in [0.15, 0.2) is 0 Å². The van der Waals surface area contributed by atoms with Crippen LogP contribution in [-0.2, 0) is 16.1 Å². The number of hydrogen-bond donors (Lipinski definition) is 3. The molecule has 8 nitrogen and oxygen atoms in total. The molecule has 178 valence electrons. The molecule has 0 bridgehead atoms. The van der Waals surface area contributed by atoms with Crippen molar-refractivity contribution >= 4 is 29.3 Å². The topological polar surface area (TPSA) is 118 Å². The Bertz CT molecular complexity index is 1270. The van der Waals surface area contributed by atoms with Gasteiger partial charge in [-0.2, -0.15) is 0 Å². The van der Waals surface area contributed by atoms with E-state index in [0.29, 0.717) is 11.4 Å². The van der Waals surface area contributed by atoms with Crippen molar-refractivity contribution in [3.63, 3.8) is 0 Å². The molecule has 2 aliphatic rings. The third kappa shape index (κ3) is 4.81. The zero-order valence-electron chi connectivity index (χ0n) is 18.6. The largest absolute Gasteiger partial charge is 0.481 e. The highest BCUT2D eigenvalue weighted by Crippen LogP contribution is 2.44. The van der Waals surface area contributed by atoms with E-state index in [1.54, 1.807) is 17.5 Å². The standard InChI is InChI=1S/C26H23N3O5S/c30-24(28-16-10-9-15(11-16)25(31)32)22-14-35-23(29-22)12-27-26(33)34-13-21-19-7-3-1-5-17(19)18-6-2-4-8-20(18)21/h1-10,14-16,21H,11-13H2,(H,27,33)(H,28,30)(H,31,32). The fourth-order valence-electron chi connectivity index (χ4n) is 4.53. The average molecular weight is 490 g/mol. The SMILES string of the molecule is O=C(NCc1nc(C(=O)NC2C=CC(C(=O)O)C2)cs1)OCC1c2ccccc2-c2ccccc21. The molecule has 2 aliphatic carbocycles. The molecular formula is C26H23N3O5S. The van der Waals surface area contributed by atoms with E-state index >= 15 is 0 Å². The van der Waals surface area contributed by atoms with E-state index < -0.39 is 18.0 Å². The van der Waals surface area contributed by atoms with Crippen LogP contribution in [0.2, 0.25) is 0 Å². The number of fused-ring (bicyclic) bond motifs is 3. The number of carbonyl (C=O) groups excluding carboxylic acids is 2. The summed E-state index contributed by atoms with van der Waals surface area (Å²) in [6.07, 6.45) is 3.03. The molecule has 1 aromatic heterocycles. The summed E-state index contributed by atoms with van der Waals surface area (Å²) >= 11 is 1.25. The average Bonchev–Trinajstić information content (AvgIpc) is 3.59. The van der Waals surface area contributed by atoms with Crippen molar-refractivity contribution < 1.29 is 24.2 Å². The number of carbonyl (C=O) groups is 3. The molecule has 0 fully saturated rings. The number of carboxylic acids is 1. The summed E-state index contributed by atoms with van der Waals surface area (Å²) < 4.78 is 5.53. The number of nitrogens with one attached hydrogen (secondary N) is 2. The molecule has 2 amide bonds. The summed E-state index contributed by atoms with van der Waals surface area (Å²) in [6, 6.07) is 15.9. The van der Waals surface area contributed by atoms with E-state index in [1.807, 2.05) is 24.3 Å². The van der Waals surface area contributed by atoms with Gasteiger partial charge in [-0.1, -0.05) is 60.7 Å². The second kappa shape index (κ2) is 9.71. The summed E-state index contributed by atoms with van der Waals surface area (Å²) in [5.41, 5.74) is 4.84. The molecule has 2 unspecified atom stereocenters. The molecule has 3 N–H and O–H groups in total. The summed E-state index contributed by atoms with van der Waals surface area (Å²) in [6.45, 7) is 0.358. The maximum Gasteiger partial charge on any atom is 0.407 e. The first-order chi connectivity index (χ1) is 17.0. The minimum absolute atomic E-state index is 0.0197. The molecule has 2 aromatic carbocycles. The molecule has 0 saturated carbocycles. The van der Waals surface area contributed by atoms with Crippen molar-refractivity contribution in [2.75, 3.05) is 6.61 Å². The van der Waals surface area contributed by atoms with Gasteiger partial charge in [-0.3, -0.25) is 9.59 Å². The van der Waals surface area contributed by atoms with Crippen LogP contribution in [0.5, 0.6) is 0 Å². The summed E-state index contributed by atoms with van der Waals surface area (Å²) in [5, 5.41) is 16.7. The van der Waals surface area contributed by atoms with Gasteiger partial charge >= 0.3 is 12.1 Å². The fourth-order valence-corrected chi connectivity index (χ4v) is 5.24. The maximum atomic E-state index is 12.4. The third-order valence-electron chi connectivity index (χ3n) is 6.23. The molecular weight excluding hydrogens is 466 g/mol. The number of ether oxygens (including phenoxy) is 1. The Hall–Kier alpha value is -3.98. The normalized spacial score (nSPS) is 18.1. The van der Waals surface area contributed by atoms with E-state index in [0.717, 1.165) is 22.3 Å². The molecule has 0 spiro atoms. The van der Waals surface area contributed by atoms with Crippen molar-refractivity contribution in [3.8, 4) is 11.1 Å². The van der Waals surface area contributed by atoms with Gasteiger partial charge in [-0.05, 0) is 28.7 Å². The van der Waals surface area contributed by atoms with Gasteiger partial charge in [0.05, 0.1) is 12.5 Å². The maximum absolute atomic E-state index is 12.4. The van der Waals surface area contributed by atoms with E-state index in [2.05, 4.69) is 39.9 Å². The smallest absolute Gasteiger partial charge is 0.407 e. The Morgan fingerprint density at radius 2 is 1.71 bits per heavy atom. The Morgan fingerprint density at radius 3 is 2.37 bits per heavy atom. The van der Waals surface area contributed by atoms with Crippen LogP contribution in [0.1, 0.15) is 39.0 Å². The number of benzene rings is 2. The van der Waals surface area contributed by atoms with Crippen molar-refractivity contribution in [1.29, 1.82) is 0 Å². The molecule has 0 aliphatic heterocycles. The first-order valence-electron chi connectivity index (χ1n) is 11.2. The van der Waals surface area contributed by atoms with Crippen molar-refractivity contribution in [3.05, 3.63) is 87.9 Å². The van der Waals surface area contributed by atoms with E-state index in [9.17, 15) is 14.4 Å². The van der Waals surface area contributed by atoms with Gasteiger partial charge in [0, 0.05) is 17.3 Å². The molecule has 35 heavy (non-hydrogen) atoms. The number of hydrogen-bond acceptors (Lipinski definition) is 6. The highest BCUT2D eigenvalue weighted by molar-refractivity contribution is 7.09. The Labute approximate surface area is 205 Å². The number of aromatic nitrogens is 1. The fraction of sp³-hybridized carbons (Fsp3) is 0.231. The molecule has 0 saturated heterocycles. The molecule has 5 rings (SSSR count). The number of aliphatic carboxylic acids is 1. The summed E-state index contributed by atoms with van der Waals surface area (Å²) in [7, 11) is 0. The van der Waals surface area contributed by atoms with Crippen LogP contribution in [0.15, 0.2) is 66.1 Å². The van der Waals surface area contributed by atoms with Crippen LogP contribution in [0.25, 0.3) is 11.1 Å². The second-order valence-corrected chi connectivity index (χ2v) is 9.39. The molecule has 1 heterocycles. The predicted molar refractivity (Wildman–Crippen MR) is 130 cm³/mol. The molecule has 3 aromatic rings. The van der Waals surface area contributed by atoms with Crippen molar-refractivity contribution in [2.45, 2.75) is 24.9 Å². The van der Waals surface area contributed by atoms with E-state index in [1.165, 1.54) is 11.3 Å². The third-order valence-corrected chi connectivity index (χ3v) is 7.08. The number of nitrogens with zero attached hydrogens (tertiary/aromatic N) is 1. The van der Waals surface area contributed by atoms with Crippen LogP contribution in [0.4, 0.5) is 4.79 Å². The molecule has 9 heteroatoms. The Morgan fingerprint density at radius 1 is 1.03 bits per heavy atom. The molecule has 0 radical (unpaired) electrons. The number of alkyl carbamates (subject to hydrolysis) is 1. The van der Waals surface area contributed by atoms with E-state index in [4.69, 9.17) is 9.84 Å². The van der Waals surface area contributed by atoms with Crippen LogP contribution in [0.3, 0.4) is 0 Å².